The first-order chi connectivity index (χ1) is 7.79. The maximum Gasteiger partial charge on any atom is 0.0539 e. The summed E-state index contributed by atoms with van der Waals surface area (Å²) in [6, 6.07) is 8.27. The van der Waals surface area contributed by atoms with Gasteiger partial charge < -0.3 is 5.32 Å². The Morgan fingerprint density at radius 1 is 1.38 bits per heavy atom. The van der Waals surface area contributed by atoms with Crippen LogP contribution in [0.25, 0.3) is 0 Å². The van der Waals surface area contributed by atoms with Gasteiger partial charge in [0, 0.05) is 34.1 Å². The molecule has 0 unspecified atom stereocenters. The van der Waals surface area contributed by atoms with Crippen molar-refractivity contribution in [2.45, 2.75) is 20.0 Å². The second-order valence-electron chi connectivity index (χ2n) is 3.54. The number of anilines is 1. The lowest BCUT2D eigenvalue weighted by Gasteiger charge is -2.06. The lowest BCUT2D eigenvalue weighted by Crippen LogP contribution is -2.00. The highest BCUT2D eigenvalue weighted by molar-refractivity contribution is 14.1. The SMILES string of the molecule is CCn1cc(CNc2ccccc2I)cn1. The van der Waals surface area contributed by atoms with Gasteiger partial charge >= 0.3 is 0 Å². The Labute approximate surface area is 109 Å². The highest BCUT2D eigenvalue weighted by Gasteiger charge is 1.99. The minimum Gasteiger partial charge on any atom is -0.380 e. The normalized spacial score (nSPS) is 10.4. The van der Waals surface area contributed by atoms with Gasteiger partial charge in [-0.25, -0.2) is 0 Å². The summed E-state index contributed by atoms with van der Waals surface area (Å²) in [7, 11) is 0. The van der Waals surface area contributed by atoms with Gasteiger partial charge in [-0.05, 0) is 41.6 Å². The molecule has 1 aromatic heterocycles. The lowest BCUT2D eigenvalue weighted by atomic mass is 10.3. The number of benzene rings is 1. The summed E-state index contributed by atoms with van der Waals surface area (Å²) in [4.78, 5) is 0. The molecule has 0 spiro atoms. The molecule has 0 bridgehead atoms. The Hall–Kier alpha value is -1.04. The fourth-order valence-corrected chi connectivity index (χ4v) is 2.05. The Morgan fingerprint density at radius 2 is 2.19 bits per heavy atom. The van der Waals surface area contributed by atoms with Crippen LogP contribution in [0.15, 0.2) is 36.7 Å². The third-order valence-corrected chi connectivity index (χ3v) is 3.31. The molecule has 0 aliphatic rings. The van der Waals surface area contributed by atoms with Gasteiger partial charge in [0.15, 0.2) is 0 Å². The molecule has 0 radical (unpaired) electrons. The molecule has 16 heavy (non-hydrogen) atoms. The summed E-state index contributed by atoms with van der Waals surface area (Å²) in [5, 5.41) is 7.65. The average molecular weight is 327 g/mol. The fourth-order valence-electron chi connectivity index (χ4n) is 1.47. The number of aromatic nitrogens is 2. The van der Waals surface area contributed by atoms with E-state index in [1.54, 1.807) is 0 Å². The number of nitrogens with one attached hydrogen (secondary N) is 1. The Kier molecular flexibility index (Phi) is 3.82. The van der Waals surface area contributed by atoms with Crippen LogP contribution in [0.2, 0.25) is 0 Å². The van der Waals surface area contributed by atoms with E-state index in [-0.39, 0.29) is 0 Å². The highest BCUT2D eigenvalue weighted by Crippen LogP contribution is 2.17. The predicted octanol–water partition coefficient (Wildman–Crippen LogP) is 3.12. The third kappa shape index (κ3) is 2.75. The van der Waals surface area contributed by atoms with Crippen LogP contribution in [-0.2, 0) is 13.1 Å². The van der Waals surface area contributed by atoms with Crippen LogP contribution >= 0.6 is 22.6 Å². The molecular formula is C12H14IN3. The highest BCUT2D eigenvalue weighted by atomic mass is 127. The Morgan fingerprint density at radius 3 is 2.88 bits per heavy atom. The van der Waals surface area contributed by atoms with Crippen molar-refractivity contribution in [3.05, 3.63) is 45.8 Å². The number of hydrogen-bond acceptors (Lipinski definition) is 2. The molecule has 1 heterocycles. The van der Waals surface area contributed by atoms with Crippen molar-refractivity contribution in [1.82, 2.24) is 9.78 Å². The molecule has 0 saturated heterocycles. The van der Waals surface area contributed by atoms with Gasteiger partial charge in [-0.15, -0.1) is 0 Å². The van der Waals surface area contributed by atoms with Gasteiger partial charge in [0.05, 0.1) is 6.20 Å². The number of hydrogen-bond donors (Lipinski definition) is 1. The maximum atomic E-state index is 4.24. The van der Waals surface area contributed by atoms with Crippen molar-refractivity contribution in [3.8, 4) is 0 Å². The van der Waals surface area contributed by atoms with E-state index < -0.39 is 0 Å². The maximum absolute atomic E-state index is 4.24. The molecule has 84 valence electrons. The molecule has 4 heteroatoms. The molecule has 0 saturated carbocycles. The van der Waals surface area contributed by atoms with Crippen molar-refractivity contribution >= 4 is 28.3 Å². The standard InChI is InChI=1S/C12H14IN3/c1-2-16-9-10(8-15-16)7-14-12-6-4-3-5-11(12)13/h3-6,8-9,14H,2,7H2,1H3. The minimum atomic E-state index is 0.819. The van der Waals surface area contributed by atoms with E-state index in [1.807, 2.05) is 23.0 Å². The third-order valence-electron chi connectivity index (χ3n) is 2.37. The van der Waals surface area contributed by atoms with E-state index in [2.05, 4.69) is 58.3 Å². The molecule has 2 rings (SSSR count). The van der Waals surface area contributed by atoms with Crippen LogP contribution in [0, 0.1) is 3.57 Å². The molecule has 0 fully saturated rings. The molecule has 1 N–H and O–H groups in total. The van der Waals surface area contributed by atoms with E-state index >= 15 is 0 Å². The van der Waals surface area contributed by atoms with Gasteiger partial charge in [-0.3, -0.25) is 4.68 Å². The zero-order chi connectivity index (χ0) is 11.4. The Bertz CT molecular complexity index is 465. The first-order valence-corrected chi connectivity index (χ1v) is 6.37. The van der Waals surface area contributed by atoms with Crippen molar-refractivity contribution in [2.75, 3.05) is 5.32 Å². The molecule has 3 nitrogen and oxygen atoms in total. The number of aryl methyl sites for hydroxylation is 1. The van der Waals surface area contributed by atoms with E-state index in [0.29, 0.717) is 0 Å². The van der Waals surface area contributed by atoms with E-state index in [0.717, 1.165) is 13.1 Å². The summed E-state index contributed by atoms with van der Waals surface area (Å²) in [5.74, 6) is 0. The van der Waals surface area contributed by atoms with E-state index in [1.165, 1.54) is 14.8 Å². The van der Waals surface area contributed by atoms with E-state index in [4.69, 9.17) is 0 Å². The van der Waals surface area contributed by atoms with Crippen molar-refractivity contribution in [2.24, 2.45) is 0 Å². The van der Waals surface area contributed by atoms with Crippen molar-refractivity contribution in [1.29, 1.82) is 0 Å². The van der Waals surface area contributed by atoms with Crippen LogP contribution in [0.3, 0.4) is 0 Å². The predicted molar refractivity (Wildman–Crippen MR) is 74.4 cm³/mol. The van der Waals surface area contributed by atoms with Gasteiger partial charge in [-0.1, -0.05) is 12.1 Å². The molecule has 2 aromatic rings. The first kappa shape index (κ1) is 11.4. The first-order valence-electron chi connectivity index (χ1n) is 5.29. The molecule has 1 aromatic carbocycles. The molecule has 0 amide bonds. The molecule has 0 aliphatic carbocycles. The van der Waals surface area contributed by atoms with Gasteiger partial charge in [0.25, 0.3) is 0 Å². The number of rotatable bonds is 4. The van der Waals surface area contributed by atoms with E-state index in [9.17, 15) is 0 Å². The largest absolute Gasteiger partial charge is 0.380 e. The molecular weight excluding hydrogens is 313 g/mol. The van der Waals surface area contributed by atoms with Crippen LogP contribution < -0.4 is 5.32 Å². The monoisotopic (exact) mass is 327 g/mol. The second-order valence-corrected chi connectivity index (χ2v) is 4.70. The summed E-state index contributed by atoms with van der Waals surface area (Å²) in [5.41, 5.74) is 2.38. The molecule has 0 aliphatic heterocycles. The summed E-state index contributed by atoms with van der Waals surface area (Å²) < 4.78 is 3.18. The number of nitrogens with zero attached hydrogens (tertiary/aromatic N) is 2. The fraction of sp³-hybridized carbons (Fsp3) is 0.250. The van der Waals surface area contributed by atoms with Crippen LogP contribution in [0.4, 0.5) is 5.69 Å². The van der Waals surface area contributed by atoms with Crippen LogP contribution in [0.5, 0.6) is 0 Å². The zero-order valence-electron chi connectivity index (χ0n) is 9.15. The van der Waals surface area contributed by atoms with Gasteiger partial charge in [0.1, 0.15) is 0 Å². The lowest BCUT2D eigenvalue weighted by molar-refractivity contribution is 0.659. The summed E-state index contributed by atoms with van der Waals surface area (Å²) >= 11 is 2.33. The quantitative estimate of drug-likeness (QED) is 0.875. The summed E-state index contributed by atoms with van der Waals surface area (Å²) in [6.07, 6.45) is 3.98. The molecule has 0 atom stereocenters. The smallest absolute Gasteiger partial charge is 0.0539 e. The minimum absolute atomic E-state index is 0.819. The van der Waals surface area contributed by atoms with Crippen molar-refractivity contribution in [3.63, 3.8) is 0 Å². The van der Waals surface area contributed by atoms with Crippen molar-refractivity contribution < 1.29 is 0 Å². The van der Waals surface area contributed by atoms with Gasteiger partial charge in [0.2, 0.25) is 0 Å². The number of para-hydroxylation sites is 1. The summed E-state index contributed by atoms with van der Waals surface area (Å²) in [6.45, 7) is 3.83. The van der Waals surface area contributed by atoms with Gasteiger partial charge in [-0.2, -0.15) is 5.10 Å². The topological polar surface area (TPSA) is 29.9 Å². The number of halogens is 1. The van der Waals surface area contributed by atoms with Crippen LogP contribution in [0.1, 0.15) is 12.5 Å². The zero-order valence-corrected chi connectivity index (χ0v) is 11.3. The second kappa shape index (κ2) is 5.34. The van der Waals surface area contributed by atoms with Crippen LogP contribution in [-0.4, -0.2) is 9.78 Å². The Balaban J connectivity index is 1.99. The average Bonchev–Trinajstić information content (AvgIpc) is 2.76.